The largest absolute Gasteiger partial charge is 0.469 e. The lowest BCUT2D eigenvalue weighted by Gasteiger charge is -2.30. The Kier molecular flexibility index (Phi) is 9.45. The van der Waals surface area contributed by atoms with Crippen molar-refractivity contribution in [3.8, 4) is 0 Å². The maximum absolute atomic E-state index is 12.7. The lowest BCUT2D eigenvalue weighted by molar-refractivity contribution is -0.140. The van der Waals surface area contributed by atoms with E-state index in [4.69, 9.17) is 0 Å². The highest BCUT2D eigenvalue weighted by molar-refractivity contribution is 7.82. The summed E-state index contributed by atoms with van der Waals surface area (Å²) < 4.78 is 4.55. The number of amides is 4. The van der Waals surface area contributed by atoms with Crippen LogP contribution in [0.15, 0.2) is 24.3 Å². The number of unbranched alkanes of at least 4 members (excludes halogenated alkanes) is 1. The Hall–Kier alpha value is -2.88. The lowest BCUT2D eigenvalue weighted by Crippen LogP contribution is -2.56. The first-order valence-corrected chi connectivity index (χ1v) is 11.4. The van der Waals surface area contributed by atoms with Crippen LogP contribution >= 0.6 is 12.6 Å². The van der Waals surface area contributed by atoms with Crippen LogP contribution in [0.3, 0.4) is 0 Å². The topological polar surface area (TPSA) is 122 Å². The molecule has 1 aromatic rings. The zero-order valence-electron chi connectivity index (χ0n) is 19.2. The van der Waals surface area contributed by atoms with Gasteiger partial charge < -0.3 is 15.4 Å². The third-order valence-corrected chi connectivity index (χ3v) is 5.68. The van der Waals surface area contributed by atoms with Crippen LogP contribution in [0.4, 0.5) is 0 Å². The van der Waals surface area contributed by atoms with Crippen LogP contribution in [-0.2, 0) is 19.1 Å². The van der Waals surface area contributed by atoms with Crippen LogP contribution in [-0.4, -0.2) is 59.6 Å². The summed E-state index contributed by atoms with van der Waals surface area (Å²) in [6, 6.07) is 6.68. The van der Waals surface area contributed by atoms with E-state index in [0.717, 1.165) is 0 Å². The molecule has 0 unspecified atom stereocenters. The van der Waals surface area contributed by atoms with Crippen LogP contribution < -0.4 is 10.6 Å². The number of carbonyl (C=O) groups is 5. The number of esters is 1. The highest BCUT2D eigenvalue weighted by atomic mass is 32.1. The second-order valence-electron chi connectivity index (χ2n) is 8.35. The Bertz CT molecular complexity index is 884. The van der Waals surface area contributed by atoms with Crippen LogP contribution in [0.5, 0.6) is 0 Å². The van der Waals surface area contributed by atoms with E-state index in [2.05, 4.69) is 28.0 Å². The van der Waals surface area contributed by atoms with Gasteiger partial charge in [-0.15, -0.1) is 12.6 Å². The number of hydrogen-bond acceptors (Lipinski definition) is 7. The summed E-state index contributed by atoms with van der Waals surface area (Å²) in [5.74, 6) is -1.89. The average molecular weight is 478 g/mol. The molecule has 0 aromatic heterocycles. The van der Waals surface area contributed by atoms with Gasteiger partial charge in [0.05, 0.1) is 24.7 Å². The zero-order valence-corrected chi connectivity index (χ0v) is 20.1. The summed E-state index contributed by atoms with van der Waals surface area (Å²) in [7, 11) is 1.26. The molecular formula is C23H31N3O6S. The van der Waals surface area contributed by atoms with Crippen molar-refractivity contribution in [2.45, 2.75) is 50.8 Å². The highest BCUT2D eigenvalue weighted by Crippen LogP contribution is 2.24. The number of ether oxygens (including phenoxy) is 1. The van der Waals surface area contributed by atoms with E-state index < -0.39 is 16.7 Å². The van der Waals surface area contributed by atoms with Crippen LogP contribution in [0.25, 0.3) is 0 Å². The summed E-state index contributed by atoms with van der Waals surface area (Å²) in [5, 5.41) is 5.30. The van der Waals surface area contributed by atoms with Gasteiger partial charge in [0.1, 0.15) is 0 Å². The number of hydrogen-bond donors (Lipinski definition) is 3. The van der Waals surface area contributed by atoms with Gasteiger partial charge in [-0.2, -0.15) is 0 Å². The summed E-state index contributed by atoms with van der Waals surface area (Å²) in [5.41, 5.74) is 0.791. The minimum Gasteiger partial charge on any atom is -0.469 e. The van der Waals surface area contributed by atoms with Gasteiger partial charge >= 0.3 is 5.97 Å². The quantitative estimate of drug-likeness (QED) is 0.139. The van der Waals surface area contributed by atoms with E-state index in [-0.39, 0.29) is 49.6 Å². The Morgan fingerprint density at radius 2 is 1.67 bits per heavy atom. The van der Waals surface area contributed by atoms with E-state index in [1.165, 1.54) is 12.0 Å². The van der Waals surface area contributed by atoms with E-state index in [9.17, 15) is 24.0 Å². The molecule has 1 heterocycles. The molecule has 0 fully saturated rings. The monoisotopic (exact) mass is 477 g/mol. The fraction of sp³-hybridized carbons (Fsp3) is 0.522. The molecule has 1 atom stereocenters. The molecule has 0 bridgehead atoms. The van der Waals surface area contributed by atoms with Crippen molar-refractivity contribution >= 4 is 42.2 Å². The number of nitrogens with zero attached hydrogens (tertiary/aromatic N) is 1. The van der Waals surface area contributed by atoms with Gasteiger partial charge in [-0.25, -0.2) is 0 Å². The molecule has 0 saturated carbocycles. The zero-order chi connectivity index (χ0) is 24.6. The van der Waals surface area contributed by atoms with Gasteiger partial charge in [0.15, 0.2) is 4.87 Å². The van der Waals surface area contributed by atoms with Crippen molar-refractivity contribution in [2.24, 2.45) is 5.92 Å². The van der Waals surface area contributed by atoms with Crippen LogP contribution in [0.2, 0.25) is 0 Å². The Morgan fingerprint density at radius 1 is 1.06 bits per heavy atom. The average Bonchev–Trinajstić information content (AvgIpc) is 3.00. The first-order valence-electron chi connectivity index (χ1n) is 10.9. The van der Waals surface area contributed by atoms with Crippen molar-refractivity contribution in [3.05, 3.63) is 35.4 Å². The van der Waals surface area contributed by atoms with Crippen LogP contribution in [0.1, 0.15) is 66.7 Å². The second-order valence-corrected chi connectivity index (χ2v) is 9.12. The smallest absolute Gasteiger partial charge is 0.307 e. The molecule has 180 valence electrons. The highest BCUT2D eigenvalue weighted by Gasteiger charge is 2.37. The molecule has 9 nitrogen and oxygen atoms in total. The number of methoxy groups -OCH3 is 1. The van der Waals surface area contributed by atoms with Gasteiger partial charge in [0.25, 0.3) is 17.7 Å². The summed E-state index contributed by atoms with van der Waals surface area (Å²) in [6.45, 7) is 4.09. The van der Waals surface area contributed by atoms with Crippen molar-refractivity contribution < 1.29 is 28.7 Å². The molecule has 0 spiro atoms. The molecule has 10 heteroatoms. The van der Waals surface area contributed by atoms with Crippen LogP contribution in [0, 0.1) is 5.92 Å². The van der Waals surface area contributed by atoms with E-state index in [1.807, 2.05) is 13.8 Å². The fourth-order valence-electron chi connectivity index (χ4n) is 3.61. The number of fused-ring (bicyclic) bond motifs is 1. The number of benzene rings is 1. The van der Waals surface area contributed by atoms with E-state index in [0.29, 0.717) is 30.4 Å². The summed E-state index contributed by atoms with van der Waals surface area (Å²) in [6.07, 6.45) is 1.29. The molecule has 2 N–H and O–H groups in total. The molecule has 0 radical (unpaired) electrons. The Morgan fingerprint density at radius 3 is 2.21 bits per heavy atom. The van der Waals surface area contributed by atoms with Gasteiger partial charge in [-0.1, -0.05) is 26.0 Å². The fourth-order valence-corrected chi connectivity index (χ4v) is 4.18. The van der Waals surface area contributed by atoms with Gasteiger partial charge in [0.2, 0.25) is 5.91 Å². The lowest BCUT2D eigenvalue weighted by atomic mass is 10.0. The number of nitrogens with one attached hydrogen (secondary N) is 2. The molecule has 33 heavy (non-hydrogen) atoms. The third-order valence-electron chi connectivity index (χ3n) is 5.18. The predicted octanol–water partition coefficient (Wildman–Crippen LogP) is 1.92. The van der Waals surface area contributed by atoms with Crippen molar-refractivity contribution in [1.29, 1.82) is 0 Å². The minimum absolute atomic E-state index is 0.0134. The number of rotatable bonds is 12. The normalized spacial score (nSPS) is 14.6. The molecule has 1 aromatic carbocycles. The standard InChI is InChI=1S/C23H31N3O6S/c1-15(2)14-23(33,22(31)24-12-11-19(28)32-3)25-18(27)10-6-7-13-26-20(29)16-8-4-5-9-17(16)21(26)30/h4-5,8-9,15,33H,6-7,10-14H2,1-3H3,(H,24,31)(H,25,27)/t23-/m1/s1. The van der Waals surface area contributed by atoms with E-state index >= 15 is 0 Å². The molecule has 0 saturated heterocycles. The minimum atomic E-state index is -1.43. The third kappa shape index (κ3) is 7.05. The molecular weight excluding hydrogens is 446 g/mol. The Balaban J connectivity index is 1.84. The van der Waals surface area contributed by atoms with Gasteiger partial charge in [-0.3, -0.25) is 28.9 Å². The van der Waals surface area contributed by atoms with Crippen molar-refractivity contribution in [1.82, 2.24) is 15.5 Å². The van der Waals surface area contributed by atoms with Gasteiger partial charge in [-0.05, 0) is 37.3 Å². The summed E-state index contributed by atoms with van der Waals surface area (Å²) in [4.78, 5) is 61.0. The molecule has 1 aliphatic rings. The maximum Gasteiger partial charge on any atom is 0.307 e. The summed E-state index contributed by atoms with van der Waals surface area (Å²) >= 11 is 4.45. The number of thiol groups is 1. The molecule has 4 amide bonds. The second kappa shape index (κ2) is 11.8. The first kappa shape index (κ1) is 26.4. The molecule has 0 aliphatic carbocycles. The maximum atomic E-state index is 12.7. The number of imide groups is 1. The van der Waals surface area contributed by atoms with E-state index in [1.54, 1.807) is 24.3 Å². The van der Waals surface area contributed by atoms with Gasteiger partial charge in [0, 0.05) is 19.5 Å². The predicted molar refractivity (Wildman–Crippen MR) is 125 cm³/mol. The SMILES string of the molecule is COC(=O)CCNC(=O)[C@](S)(CC(C)C)NC(=O)CCCCN1C(=O)c2ccccc2C1=O. The van der Waals surface area contributed by atoms with Crippen molar-refractivity contribution in [3.63, 3.8) is 0 Å². The molecule has 2 rings (SSSR count). The first-order chi connectivity index (χ1) is 15.6. The Labute approximate surface area is 199 Å². The van der Waals surface area contributed by atoms with Crippen molar-refractivity contribution in [2.75, 3.05) is 20.2 Å². The number of carbonyl (C=O) groups excluding carboxylic acids is 5. The molecule has 1 aliphatic heterocycles.